The minimum Gasteiger partial charge on any atom is -0.354 e. The van der Waals surface area contributed by atoms with Gasteiger partial charge in [-0.15, -0.1) is 0 Å². The molecule has 1 aliphatic rings. The third-order valence-electron chi connectivity index (χ3n) is 6.71. The first-order valence-electron chi connectivity index (χ1n) is 12.4. The predicted molar refractivity (Wildman–Crippen MR) is 146 cm³/mol. The Kier molecular flexibility index (Phi) is 8.29. The highest BCUT2D eigenvalue weighted by Crippen LogP contribution is 2.24. The third-order valence-corrected chi connectivity index (χ3v) is 6.96. The van der Waals surface area contributed by atoms with Crippen molar-refractivity contribution in [3.8, 4) is 11.1 Å². The topological polar surface area (TPSA) is 69.7 Å². The molecule has 3 aromatic carbocycles. The van der Waals surface area contributed by atoms with Gasteiger partial charge in [-0.1, -0.05) is 77.3 Å². The molecule has 0 spiro atoms. The van der Waals surface area contributed by atoms with Gasteiger partial charge < -0.3 is 15.1 Å². The van der Waals surface area contributed by atoms with E-state index in [4.69, 9.17) is 11.6 Å². The van der Waals surface area contributed by atoms with Crippen LogP contribution in [-0.2, 0) is 27.2 Å². The number of aryl methyl sites for hydroxylation is 2. The quantitative estimate of drug-likeness (QED) is 0.487. The van der Waals surface area contributed by atoms with E-state index < -0.39 is 6.04 Å². The van der Waals surface area contributed by atoms with Gasteiger partial charge in [0, 0.05) is 25.0 Å². The van der Waals surface area contributed by atoms with E-state index in [-0.39, 0.29) is 30.8 Å². The van der Waals surface area contributed by atoms with Crippen molar-refractivity contribution in [2.24, 2.45) is 0 Å². The summed E-state index contributed by atoms with van der Waals surface area (Å²) in [5.74, 6) is -0.671. The van der Waals surface area contributed by atoms with Crippen LogP contribution in [0, 0.1) is 13.8 Å². The molecule has 37 heavy (non-hydrogen) atoms. The Morgan fingerprint density at radius 3 is 2.19 bits per heavy atom. The Morgan fingerprint density at radius 1 is 0.919 bits per heavy atom. The van der Waals surface area contributed by atoms with Crippen LogP contribution in [0.15, 0.2) is 66.7 Å². The average Bonchev–Trinajstić information content (AvgIpc) is 2.86. The average molecular weight is 518 g/mol. The second-order valence-electron chi connectivity index (χ2n) is 9.72. The van der Waals surface area contributed by atoms with Crippen molar-refractivity contribution in [3.63, 3.8) is 0 Å². The summed E-state index contributed by atoms with van der Waals surface area (Å²) in [5.41, 5.74) is 6.69. The van der Waals surface area contributed by atoms with Crippen LogP contribution in [0.3, 0.4) is 0 Å². The first kappa shape index (κ1) is 26.4. The van der Waals surface area contributed by atoms with Crippen molar-refractivity contribution in [2.75, 3.05) is 26.7 Å². The maximum absolute atomic E-state index is 13.3. The highest BCUT2D eigenvalue weighted by molar-refractivity contribution is 6.30. The normalized spacial score (nSPS) is 15.7. The number of carbonyl (C=O) groups is 3. The van der Waals surface area contributed by atoms with Gasteiger partial charge in [-0.25, -0.2) is 0 Å². The summed E-state index contributed by atoms with van der Waals surface area (Å²) in [4.78, 5) is 41.3. The maximum Gasteiger partial charge on any atom is 0.246 e. The van der Waals surface area contributed by atoms with Gasteiger partial charge in [0.05, 0.1) is 0 Å². The molecule has 192 valence electrons. The SMILES string of the molecule is Cc1cc(C)cc(-c2ccc(C[C@H]3C(=O)N(CC(=O)NCCc4ccc(Cl)cc4)CC(=O)N3C)cc2)c1. The van der Waals surface area contributed by atoms with Crippen LogP contribution in [0.4, 0.5) is 0 Å². The van der Waals surface area contributed by atoms with Crippen molar-refractivity contribution >= 4 is 29.3 Å². The third kappa shape index (κ3) is 6.77. The summed E-state index contributed by atoms with van der Waals surface area (Å²) in [6.45, 7) is 4.37. The van der Waals surface area contributed by atoms with E-state index in [0.717, 1.165) is 22.3 Å². The number of hydrogen-bond donors (Lipinski definition) is 1. The number of hydrogen-bond acceptors (Lipinski definition) is 3. The number of likely N-dealkylation sites (N-methyl/N-ethyl adjacent to an activating group) is 1. The molecule has 6 nitrogen and oxygen atoms in total. The number of nitrogens with one attached hydrogen (secondary N) is 1. The number of nitrogens with zero attached hydrogens (tertiary/aromatic N) is 2. The lowest BCUT2D eigenvalue weighted by molar-refractivity contribution is -0.155. The molecule has 1 heterocycles. The zero-order chi connectivity index (χ0) is 26.5. The fourth-order valence-corrected chi connectivity index (χ4v) is 4.81. The maximum atomic E-state index is 13.3. The first-order valence-corrected chi connectivity index (χ1v) is 12.8. The Hall–Kier alpha value is -3.64. The van der Waals surface area contributed by atoms with Crippen LogP contribution >= 0.6 is 11.6 Å². The van der Waals surface area contributed by atoms with E-state index in [1.807, 2.05) is 48.5 Å². The molecule has 1 fully saturated rings. The lowest BCUT2D eigenvalue weighted by Gasteiger charge is -2.38. The smallest absolute Gasteiger partial charge is 0.246 e. The first-order chi connectivity index (χ1) is 17.7. The van der Waals surface area contributed by atoms with Gasteiger partial charge >= 0.3 is 0 Å². The molecule has 7 heteroatoms. The van der Waals surface area contributed by atoms with E-state index in [0.29, 0.717) is 24.4 Å². The Labute approximate surface area is 223 Å². The Balaban J connectivity index is 1.36. The minimum absolute atomic E-state index is 0.0952. The molecule has 3 amide bonds. The van der Waals surface area contributed by atoms with Gasteiger partial charge in [-0.2, -0.15) is 0 Å². The van der Waals surface area contributed by atoms with Crippen molar-refractivity contribution < 1.29 is 14.4 Å². The lowest BCUT2D eigenvalue weighted by Crippen LogP contribution is -2.60. The van der Waals surface area contributed by atoms with Crippen LogP contribution in [0.25, 0.3) is 11.1 Å². The van der Waals surface area contributed by atoms with Crippen LogP contribution in [0.5, 0.6) is 0 Å². The minimum atomic E-state index is -0.643. The van der Waals surface area contributed by atoms with Gasteiger partial charge in [0.15, 0.2) is 0 Å². The summed E-state index contributed by atoms with van der Waals surface area (Å²) in [6, 6.07) is 21.3. The monoisotopic (exact) mass is 517 g/mol. The van der Waals surface area contributed by atoms with Gasteiger partial charge in [0.1, 0.15) is 19.1 Å². The molecular formula is C30H32ClN3O3. The number of halogens is 1. The summed E-state index contributed by atoms with van der Waals surface area (Å²) in [7, 11) is 1.65. The zero-order valence-corrected chi connectivity index (χ0v) is 22.2. The molecule has 0 unspecified atom stereocenters. The van der Waals surface area contributed by atoms with Crippen LogP contribution in [0.2, 0.25) is 5.02 Å². The lowest BCUT2D eigenvalue weighted by atomic mass is 9.97. The molecule has 1 saturated heterocycles. The fraction of sp³-hybridized carbons (Fsp3) is 0.300. The highest BCUT2D eigenvalue weighted by atomic mass is 35.5. The van der Waals surface area contributed by atoms with E-state index in [1.165, 1.54) is 20.9 Å². The molecule has 4 rings (SSSR count). The number of carbonyl (C=O) groups excluding carboxylic acids is 3. The standard InChI is InChI=1S/C30H32ClN3O3/c1-20-14-21(2)16-25(15-20)24-8-4-23(5-9-24)17-27-30(37)34(19-29(36)33(27)3)18-28(35)32-13-12-22-6-10-26(31)11-7-22/h4-11,14-16,27H,12-13,17-19H2,1-3H3,(H,32,35)/t27-/m0/s1. The number of benzene rings is 3. The highest BCUT2D eigenvalue weighted by Gasteiger charge is 2.37. The van der Waals surface area contributed by atoms with Gasteiger partial charge in [0.25, 0.3) is 0 Å². The molecule has 0 saturated carbocycles. The van der Waals surface area contributed by atoms with E-state index >= 15 is 0 Å². The van der Waals surface area contributed by atoms with Crippen molar-refractivity contribution in [1.82, 2.24) is 15.1 Å². The molecule has 0 aromatic heterocycles. The molecular weight excluding hydrogens is 486 g/mol. The second-order valence-corrected chi connectivity index (χ2v) is 10.2. The van der Waals surface area contributed by atoms with Crippen LogP contribution < -0.4 is 5.32 Å². The molecule has 0 bridgehead atoms. The van der Waals surface area contributed by atoms with Gasteiger partial charge in [-0.3, -0.25) is 14.4 Å². The van der Waals surface area contributed by atoms with Crippen molar-refractivity contribution in [3.05, 3.63) is 94.0 Å². The molecule has 1 atom stereocenters. The number of piperazine rings is 1. The Bertz CT molecular complexity index is 1270. The van der Waals surface area contributed by atoms with Crippen molar-refractivity contribution in [1.29, 1.82) is 0 Å². The number of amides is 3. The number of rotatable bonds is 8. The van der Waals surface area contributed by atoms with E-state index in [2.05, 4.69) is 37.4 Å². The van der Waals surface area contributed by atoms with Gasteiger partial charge in [0.2, 0.25) is 17.7 Å². The molecule has 0 aliphatic carbocycles. The molecule has 0 radical (unpaired) electrons. The molecule has 1 aliphatic heterocycles. The summed E-state index contributed by atoms with van der Waals surface area (Å²) in [5, 5.41) is 3.51. The van der Waals surface area contributed by atoms with E-state index in [9.17, 15) is 14.4 Å². The fourth-order valence-electron chi connectivity index (χ4n) is 4.69. The predicted octanol–water partition coefficient (Wildman–Crippen LogP) is 4.19. The largest absolute Gasteiger partial charge is 0.354 e. The summed E-state index contributed by atoms with van der Waals surface area (Å²) >= 11 is 5.91. The summed E-state index contributed by atoms with van der Waals surface area (Å²) < 4.78 is 0. The zero-order valence-electron chi connectivity index (χ0n) is 21.5. The Morgan fingerprint density at radius 2 is 1.54 bits per heavy atom. The second kappa shape index (κ2) is 11.6. The van der Waals surface area contributed by atoms with Gasteiger partial charge in [-0.05, 0) is 54.7 Å². The summed E-state index contributed by atoms with van der Waals surface area (Å²) in [6.07, 6.45) is 1.04. The molecule has 1 N–H and O–H groups in total. The van der Waals surface area contributed by atoms with Crippen LogP contribution in [0.1, 0.15) is 22.3 Å². The van der Waals surface area contributed by atoms with E-state index in [1.54, 1.807) is 7.05 Å². The van der Waals surface area contributed by atoms with Crippen LogP contribution in [-0.4, -0.2) is 60.2 Å². The van der Waals surface area contributed by atoms with Crippen molar-refractivity contribution in [2.45, 2.75) is 32.7 Å². The molecule has 3 aromatic rings.